The molecule has 0 heterocycles. The minimum atomic E-state index is 0.519. The number of nitrogens with zero attached hydrogens (tertiary/aromatic N) is 1. The summed E-state index contributed by atoms with van der Waals surface area (Å²) in [5.41, 5.74) is 6.14. The van der Waals surface area contributed by atoms with Crippen LogP contribution in [0.15, 0.2) is 77.9 Å². The summed E-state index contributed by atoms with van der Waals surface area (Å²) in [4.78, 5) is 0. The van der Waals surface area contributed by atoms with Gasteiger partial charge >= 0.3 is 0 Å². The number of para-hydroxylation sites is 1. The summed E-state index contributed by atoms with van der Waals surface area (Å²) >= 11 is 0. The normalized spacial score (nSPS) is 10.6. The molecule has 3 aromatic rings. The Kier molecular flexibility index (Phi) is 6.90. The third-order valence-corrected chi connectivity index (χ3v) is 4.18. The lowest BCUT2D eigenvalue weighted by Crippen LogP contribution is -2.06. The van der Waals surface area contributed by atoms with E-state index in [0.29, 0.717) is 24.7 Å². The molecule has 0 saturated carbocycles. The standard InChI is InChI=1S/C23H24N2O3/c1-26-22-13-12-19(14-23(22)27-2)15-24-25-16-20-10-6-7-11-21(20)28-17-18-8-4-3-5-9-18/h3-14,16,24H,15,17H2,1-2H3/b25-16-. The van der Waals surface area contributed by atoms with Crippen LogP contribution in [-0.2, 0) is 13.2 Å². The summed E-state index contributed by atoms with van der Waals surface area (Å²) in [6, 6.07) is 23.7. The van der Waals surface area contributed by atoms with Crippen molar-refractivity contribution in [2.45, 2.75) is 13.2 Å². The van der Waals surface area contributed by atoms with E-state index in [2.05, 4.69) is 10.5 Å². The highest BCUT2D eigenvalue weighted by Crippen LogP contribution is 2.27. The maximum absolute atomic E-state index is 5.94. The Morgan fingerprint density at radius 2 is 1.54 bits per heavy atom. The van der Waals surface area contributed by atoms with Gasteiger partial charge in [0.15, 0.2) is 11.5 Å². The fourth-order valence-corrected chi connectivity index (χ4v) is 2.70. The Morgan fingerprint density at radius 3 is 2.32 bits per heavy atom. The number of hydrogen-bond acceptors (Lipinski definition) is 5. The molecule has 5 nitrogen and oxygen atoms in total. The van der Waals surface area contributed by atoms with Crippen molar-refractivity contribution in [2.24, 2.45) is 5.10 Å². The van der Waals surface area contributed by atoms with E-state index in [1.165, 1.54) is 0 Å². The molecule has 0 aliphatic rings. The zero-order valence-electron chi connectivity index (χ0n) is 16.1. The van der Waals surface area contributed by atoms with Crippen molar-refractivity contribution in [3.05, 3.63) is 89.5 Å². The van der Waals surface area contributed by atoms with Gasteiger partial charge in [-0.2, -0.15) is 5.10 Å². The minimum Gasteiger partial charge on any atom is -0.493 e. The lowest BCUT2D eigenvalue weighted by atomic mass is 10.2. The summed E-state index contributed by atoms with van der Waals surface area (Å²) in [7, 11) is 3.25. The zero-order chi connectivity index (χ0) is 19.6. The fourth-order valence-electron chi connectivity index (χ4n) is 2.70. The molecule has 0 bridgehead atoms. The molecule has 0 radical (unpaired) electrons. The van der Waals surface area contributed by atoms with Gasteiger partial charge < -0.3 is 19.6 Å². The fraction of sp³-hybridized carbons (Fsp3) is 0.174. The van der Waals surface area contributed by atoms with Gasteiger partial charge in [-0.05, 0) is 35.4 Å². The highest BCUT2D eigenvalue weighted by molar-refractivity contribution is 5.83. The number of benzene rings is 3. The number of hydrogen-bond donors (Lipinski definition) is 1. The number of ether oxygens (including phenoxy) is 3. The van der Waals surface area contributed by atoms with Crippen LogP contribution in [0.1, 0.15) is 16.7 Å². The highest BCUT2D eigenvalue weighted by Gasteiger charge is 2.04. The molecule has 28 heavy (non-hydrogen) atoms. The molecule has 0 unspecified atom stereocenters. The molecule has 3 aromatic carbocycles. The molecule has 5 heteroatoms. The first-order valence-corrected chi connectivity index (χ1v) is 9.02. The van der Waals surface area contributed by atoms with Crippen molar-refractivity contribution >= 4 is 6.21 Å². The number of nitrogens with one attached hydrogen (secondary N) is 1. The molecule has 3 rings (SSSR count). The van der Waals surface area contributed by atoms with Gasteiger partial charge in [-0.15, -0.1) is 0 Å². The lowest BCUT2D eigenvalue weighted by molar-refractivity contribution is 0.306. The molecule has 0 spiro atoms. The van der Waals surface area contributed by atoms with Crippen molar-refractivity contribution in [1.29, 1.82) is 0 Å². The van der Waals surface area contributed by atoms with E-state index < -0.39 is 0 Å². The van der Waals surface area contributed by atoms with Crippen LogP contribution < -0.4 is 19.6 Å². The Bertz CT molecular complexity index is 911. The van der Waals surface area contributed by atoms with Gasteiger partial charge in [0, 0.05) is 5.56 Å². The van der Waals surface area contributed by atoms with Crippen LogP contribution in [0, 0.1) is 0 Å². The summed E-state index contributed by atoms with van der Waals surface area (Å²) < 4.78 is 16.5. The van der Waals surface area contributed by atoms with Crippen molar-refractivity contribution in [1.82, 2.24) is 5.43 Å². The summed E-state index contributed by atoms with van der Waals surface area (Å²) in [6.07, 6.45) is 1.76. The smallest absolute Gasteiger partial charge is 0.161 e. The predicted molar refractivity (Wildman–Crippen MR) is 111 cm³/mol. The average Bonchev–Trinajstić information content (AvgIpc) is 2.76. The van der Waals surface area contributed by atoms with Gasteiger partial charge in [0.05, 0.1) is 27.0 Å². The van der Waals surface area contributed by atoms with Gasteiger partial charge in [-0.25, -0.2) is 0 Å². The first kappa shape index (κ1) is 19.3. The summed E-state index contributed by atoms with van der Waals surface area (Å²) in [5, 5.41) is 4.32. The Balaban J connectivity index is 1.59. The molecule has 0 aliphatic carbocycles. The van der Waals surface area contributed by atoms with E-state index in [1.54, 1.807) is 20.4 Å². The second-order valence-corrected chi connectivity index (χ2v) is 6.09. The lowest BCUT2D eigenvalue weighted by Gasteiger charge is -2.10. The van der Waals surface area contributed by atoms with Gasteiger partial charge in [0.1, 0.15) is 12.4 Å². The SMILES string of the molecule is COc1ccc(CN/N=C\c2ccccc2OCc2ccccc2)cc1OC. The monoisotopic (exact) mass is 376 g/mol. The van der Waals surface area contributed by atoms with Gasteiger partial charge in [0.25, 0.3) is 0 Å². The van der Waals surface area contributed by atoms with E-state index in [-0.39, 0.29) is 0 Å². The van der Waals surface area contributed by atoms with Crippen LogP contribution in [0.25, 0.3) is 0 Å². The minimum absolute atomic E-state index is 0.519. The van der Waals surface area contributed by atoms with E-state index in [4.69, 9.17) is 14.2 Å². The molecule has 0 atom stereocenters. The molecule has 0 aromatic heterocycles. The highest BCUT2D eigenvalue weighted by atomic mass is 16.5. The number of methoxy groups -OCH3 is 2. The zero-order valence-corrected chi connectivity index (χ0v) is 16.1. The molecule has 0 aliphatic heterocycles. The molecule has 0 amide bonds. The first-order valence-electron chi connectivity index (χ1n) is 9.02. The van der Waals surface area contributed by atoms with E-state index >= 15 is 0 Å². The van der Waals surface area contributed by atoms with Gasteiger partial charge in [-0.3, -0.25) is 0 Å². The summed E-state index contributed by atoms with van der Waals surface area (Å²) in [5.74, 6) is 2.20. The van der Waals surface area contributed by atoms with Crippen LogP contribution >= 0.6 is 0 Å². The third-order valence-electron chi connectivity index (χ3n) is 4.18. The van der Waals surface area contributed by atoms with Crippen LogP contribution in [0.4, 0.5) is 0 Å². The Hall–Kier alpha value is -3.47. The predicted octanol–water partition coefficient (Wildman–Crippen LogP) is 4.41. The van der Waals surface area contributed by atoms with Gasteiger partial charge in [0.2, 0.25) is 0 Å². The molecule has 1 N–H and O–H groups in total. The average molecular weight is 376 g/mol. The van der Waals surface area contributed by atoms with Crippen molar-refractivity contribution in [3.8, 4) is 17.2 Å². The third kappa shape index (κ3) is 5.27. The maximum atomic E-state index is 5.94. The van der Waals surface area contributed by atoms with E-state index in [1.807, 2.05) is 72.8 Å². The molecular weight excluding hydrogens is 352 g/mol. The topological polar surface area (TPSA) is 52.1 Å². The van der Waals surface area contributed by atoms with Crippen LogP contribution in [0.3, 0.4) is 0 Å². The second kappa shape index (κ2) is 10.0. The number of hydrazone groups is 1. The Morgan fingerprint density at radius 1 is 0.786 bits per heavy atom. The van der Waals surface area contributed by atoms with E-state index in [9.17, 15) is 0 Å². The second-order valence-electron chi connectivity index (χ2n) is 6.09. The quantitative estimate of drug-likeness (QED) is 0.444. The largest absolute Gasteiger partial charge is 0.493 e. The van der Waals surface area contributed by atoms with Crippen LogP contribution in [-0.4, -0.2) is 20.4 Å². The van der Waals surface area contributed by atoms with Crippen molar-refractivity contribution in [3.63, 3.8) is 0 Å². The van der Waals surface area contributed by atoms with Crippen molar-refractivity contribution < 1.29 is 14.2 Å². The van der Waals surface area contributed by atoms with Gasteiger partial charge in [-0.1, -0.05) is 48.5 Å². The van der Waals surface area contributed by atoms with E-state index in [0.717, 1.165) is 22.4 Å². The molecule has 144 valence electrons. The molecule has 0 fully saturated rings. The van der Waals surface area contributed by atoms with Crippen molar-refractivity contribution in [2.75, 3.05) is 14.2 Å². The molecule has 0 saturated heterocycles. The first-order chi connectivity index (χ1) is 13.8. The summed E-state index contributed by atoms with van der Waals surface area (Å²) in [6.45, 7) is 1.09. The van der Waals surface area contributed by atoms with Crippen LogP contribution in [0.2, 0.25) is 0 Å². The number of rotatable bonds is 9. The van der Waals surface area contributed by atoms with Crippen LogP contribution in [0.5, 0.6) is 17.2 Å². The molecular formula is C23H24N2O3. The Labute approximate surface area is 165 Å². The maximum Gasteiger partial charge on any atom is 0.161 e.